The Kier molecular flexibility index (Phi) is 3.55. The van der Waals surface area contributed by atoms with Gasteiger partial charge >= 0.3 is 12.1 Å². The number of nitrogens with zero attached hydrogens (tertiary/aromatic N) is 4. The second-order valence-corrected chi connectivity index (χ2v) is 4.92. The lowest BCUT2D eigenvalue weighted by Crippen LogP contribution is -2.26. The first-order chi connectivity index (χ1) is 10.8. The molecule has 6 nitrogen and oxygen atoms in total. The summed E-state index contributed by atoms with van der Waals surface area (Å²) in [5.41, 5.74) is 0.347. The van der Waals surface area contributed by atoms with Gasteiger partial charge in [-0.05, 0) is 12.1 Å². The first-order valence-electron chi connectivity index (χ1n) is 6.52. The smallest absolute Gasteiger partial charge is 0.429 e. The second-order valence-electron chi connectivity index (χ2n) is 4.92. The van der Waals surface area contributed by atoms with Crippen LogP contribution in [0.15, 0.2) is 43.2 Å². The number of ether oxygens (including phenoxy) is 1. The third-order valence-corrected chi connectivity index (χ3v) is 3.20. The summed E-state index contributed by atoms with van der Waals surface area (Å²) in [7, 11) is 1.48. The number of imidazole rings is 1. The highest BCUT2D eigenvalue weighted by atomic mass is 19.4. The Morgan fingerprint density at radius 3 is 2.78 bits per heavy atom. The molecule has 0 radical (unpaired) electrons. The molecule has 3 aromatic rings. The van der Waals surface area contributed by atoms with Gasteiger partial charge in [0.2, 0.25) is 6.10 Å². The Morgan fingerprint density at radius 2 is 2.13 bits per heavy atom. The van der Waals surface area contributed by atoms with E-state index < -0.39 is 18.2 Å². The third kappa shape index (κ3) is 3.03. The van der Waals surface area contributed by atoms with Gasteiger partial charge in [-0.25, -0.2) is 9.78 Å². The second kappa shape index (κ2) is 5.41. The molecular formula is C14H11F3N4O2. The van der Waals surface area contributed by atoms with Crippen molar-refractivity contribution in [2.45, 2.75) is 12.3 Å². The SMILES string of the molecule is Cn1cc([C@H](OC(=O)c2ccn3cncc3c2)C(F)(F)F)cn1. The van der Waals surface area contributed by atoms with Crippen molar-refractivity contribution in [2.24, 2.45) is 7.05 Å². The molecule has 23 heavy (non-hydrogen) atoms. The number of carbonyl (C=O) groups excluding carboxylic acids is 1. The van der Waals surface area contributed by atoms with E-state index >= 15 is 0 Å². The Morgan fingerprint density at radius 1 is 1.35 bits per heavy atom. The molecule has 0 saturated carbocycles. The number of aromatic nitrogens is 4. The molecule has 3 aromatic heterocycles. The van der Waals surface area contributed by atoms with Gasteiger partial charge in [0.1, 0.15) is 0 Å². The molecule has 0 bridgehead atoms. The molecule has 0 amide bonds. The average molecular weight is 324 g/mol. The van der Waals surface area contributed by atoms with Crippen LogP contribution >= 0.6 is 0 Å². The summed E-state index contributed by atoms with van der Waals surface area (Å²) < 4.78 is 47.0. The van der Waals surface area contributed by atoms with Crippen molar-refractivity contribution in [1.82, 2.24) is 19.2 Å². The average Bonchev–Trinajstić information content (AvgIpc) is 3.10. The molecule has 0 aliphatic rings. The van der Waals surface area contributed by atoms with Crippen LogP contribution in [-0.2, 0) is 11.8 Å². The van der Waals surface area contributed by atoms with Crippen molar-refractivity contribution in [3.05, 3.63) is 54.4 Å². The molecule has 9 heteroatoms. The van der Waals surface area contributed by atoms with Crippen LogP contribution in [0.5, 0.6) is 0 Å². The summed E-state index contributed by atoms with van der Waals surface area (Å²) >= 11 is 0. The van der Waals surface area contributed by atoms with Crippen molar-refractivity contribution in [3.63, 3.8) is 0 Å². The fraction of sp³-hybridized carbons (Fsp3) is 0.214. The normalized spacial score (nSPS) is 13.2. The number of aryl methyl sites for hydroxylation is 1. The molecule has 0 spiro atoms. The largest absolute Gasteiger partial charge is 0.444 e. The van der Waals surface area contributed by atoms with Crippen LogP contribution in [0.25, 0.3) is 5.52 Å². The molecular weight excluding hydrogens is 313 g/mol. The van der Waals surface area contributed by atoms with Crippen LogP contribution in [0.2, 0.25) is 0 Å². The lowest BCUT2D eigenvalue weighted by Gasteiger charge is -2.19. The molecule has 3 heterocycles. The highest BCUT2D eigenvalue weighted by Crippen LogP contribution is 2.36. The summed E-state index contributed by atoms with van der Waals surface area (Å²) in [5.74, 6) is -1.07. The molecule has 0 saturated heterocycles. The first-order valence-corrected chi connectivity index (χ1v) is 6.52. The van der Waals surface area contributed by atoms with Gasteiger partial charge < -0.3 is 9.14 Å². The highest BCUT2D eigenvalue weighted by molar-refractivity contribution is 5.90. The van der Waals surface area contributed by atoms with E-state index in [1.54, 1.807) is 4.40 Å². The maximum Gasteiger partial charge on any atom is 0.429 e. The van der Waals surface area contributed by atoms with E-state index in [4.69, 9.17) is 0 Å². The molecule has 0 aliphatic heterocycles. The fourth-order valence-corrected chi connectivity index (χ4v) is 2.12. The zero-order chi connectivity index (χ0) is 16.6. The highest BCUT2D eigenvalue weighted by Gasteiger charge is 2.45. The summed E-state index contributed by atoms with van der Waals surface area (Å²) in [4.78, 5) is 15.9. The van der Waals surface area contributed by atoms with Crippen LogP contribution in [-0.4, -0.2) is 31.3 Å². The predicted octanol–water partition coefficient (Wildman–Crippen LogP) is 2.53. The van der Waals surface area contributed by atoms with Crippen LogP contribution in [0.1, 0.15) is 22.0 Å². The Labute approximate surface area is 128 Å². The van der Waals surface area contributed by atoms with Crippen LogP contribution < -0.4 is 0 Å². The number of rotatable bonds is 3. The number of hydrogen-bond acceptors (Lipinski definition) is 4. The lowest BCUT2D eigenvalue weighted by molar-refractivity contribution is -0.207. The molecule has 0 fully saturated rings. The zero-order valence-electron chi connectivity index (χ0n) is 11.9. The van der Waals surface area contributed by atoms with Gasteiger partial charge in [-0.3, -0.25) is 4.68 Å². The number of halogens is 3. The molecule has 0 N–H and O–H groups in total. The van der Waals surface area contributed by atoms with Crippen molar-refractivity contribution in [3.8, 4) is 0 Å². The van der Waals surface area contributed by atoms with E-state index in [1.165, 1.54) is 42.6 Å². The van der Waals surface area contributed by atoms with E-state index in [1.807, 2.05) is 0 Å². The van der Waals surface area contributed by atoms with E-state index in [0.29, 0.717) is 5.52 Å². The predicted molar refractivity (Wildman–Crippen MR) is 72.6 cm³/mol. The number of alkyl halides is 3. The van der Waals surface area contributed by atoms with E-state index in [2.05, 4.69) is 14.8 Å². The van der Waals surface area contributed by atoms with Crippen molar-refractivity contribution in [1.29, 1.82) is 0 Å². The molecule has 0 aliphatic carbocycles. The Hall–Kier alpha value is -2.84. The zero-order valence-corrected chi connectivity index (χ0v) is 11.9. The van der Waals surface area contributed by atoms with E-state index in [9.17, 15) is 18.0 Å². The van der Waals surface area contributed by atoms with Crippen molar-refractivity contribution in [2.75, 3.05) is 0 Å². The molecule has 0 aromatic carbocycles. The minimum atomic E-state index is -4.74. The number of pyridine rings is 1. The van der Waals surface area contributed by atoms with Gasteiger partial charge in [0, 0.05) is 25.0 Å². The van der Waals surface area contributed by atoms with Gasteiger partial charge in [0.05, 0.1) is 29.8 Å². The maximum absolute atomic E-state index is 13.2. The fourth-order valence-electron chi connectivity index (χ4n) is 2.12. The van der Waals surface area contributed by atoms with Crippen molar-refractivity contribution < 1.29 is 22.7 Å². The van der Waals surface area contributed by atoms with E-state index in [-0.39, 0.29) is 11.1 Å². The maximum atomic E-state index is 13.2. The topological polar surface area (TPSA) is 61.4 Å². The number of carbonyl (C=O) groups is 1. The van der Waals surface area contributed by atoms with Gasteiger partial charge in [0.15, 0.2) is 0 Å². The third-order valence-electron chi connectivity index (χ3n) is 3.20. The van der Waals surface area contributed by atoms with Gasteiger partial charge in [-0.2, -0.15) is 18.3 Å². The quantitative estimate of drug-likeness (QED) is 0.695. The van der Waals surface area contributed by atoms with Gasteiger partial charge in [-0.15, -0.1) is 0 Å². The summed E-state index contributed by atoms with van der Waals surface area (Å²) in [6, 6.07) is 2.78. The Balaban J connectivity index is 1.88. The summed E-state index contributed by atoms with van der Waals surface area (Å²) in [5, 5.41) is 3.68. The standard InChI is InChI=1S/C14H11F3N4O2/c1-20-7-10(5-19-20)12(14(15,16)17)23-13(22)9-2-3-21-8-18-6-11(21)4-9/h2-8,12H,1H3/t12-/m0/s1. The molecule has 1 atom stereocenters. The minimum Gasteiger partial charge on any atom is -0.444 e. The molecule has 120 valence electrons. The monoisotopic (exact) mass is 324 g/mol. The molecule has 3 rings (SSSR count). The minimum absolute atomic E-state index is 0.0103. The lowest BCUT2D eigenvalue weighted by atomic mass is 10.2. The van der Waals surface area contributed by atoms with Crippen LogP contribution in [0, 0.1) is 0 Å². The van der Waals surface area contributed by atoms with Crippen LogP contribution in [0.4, 0.5) is 13.2 Å². The summed E-state index contributed by atoms with van der Waals surface area (Å²) in [6.07, 6.45) is -0.412. The van der Waals surface area contributed by atoms with Crippen LogP contribution in [0.3, 0.4) is 0 Å². The summed E-state index contributed by atoms with van der Waals surface area (Å²) in [6.45, 7) is 0. The molecule has 0 unspecified atom stereocenters. The number of fused-ring (bicyclic) bond motifs is 1. The Bertz CT molecular complexity index is 853. The number of esters is 1. The van der Waals surface area contributed by atoms with Gasteiger partial charge in [-0.1, -0.05) is 0 Å². The first kappa shape index (κ1) is 15.1. The van der Waals surface area contributed by atoms with E-state index in [0.717, 1.165) is 12.4 Å². The van der Waals surface area contributed by atoms with Gasteiger partial charge in [0.25, 0.3) is 0 Å². The number of hydrogen-bond donors (Lipinski definition) is 0. The van der Waals surface area contributed by atoms with Crippen molar-refractivity contribution >= 4 is 11.5 Å².